The molecule has 0 bridgehead atoms. The quantitative estimate of drug-likeness (QED) is 0.897. The zero-order valence-electron chi connectivity index (χ0n) is 12.9. The van der Waals surface area contributed by atoms with Crippen LogP contribution in [0.4, 0.5) is 11.5 Å². The number of hydrogen-bond acceptors (Lipinski definition) is 5. The number of nitrogens with two attached hydrogens (primary N) is 1. The van der Waals surface area contributed by atoms with Gasteiger partial charge in [0.05, 0.1) is 18.9 Å². The Morgan fingerprint density at radius 1 is 1.22 bits per heavy atom. The molecule has 1 aliphatic heterocycles. The first-order chi connectivity index (χ1) is 11.3. The third-order valence-corrected chi connectivity index (χ3v) is 3.80. The monoisotopic (exact) mass is 312 g/mol. The fraction of sp³-hybridized carbons (Fsp3) is 0.294. The van der Waals surface area contributed by atoms with Crippen LogP contribution in [0.3, 0.4) is 0 Å². The summed E-state index contributed by atoms with van der Waals surface area (Å²) in [5, 5.41) is 2.95. The van der Waals surface area contributed by atoms with Gasteiger partial charge in [-0.15, -0.1) is 0 Å². The molecule has 3 N–H and O–H groups in total. The number of hydrogen-bond donors (Lipinski definition) is 2. The third kappa shape index (κ3) is 3.67. The Labute approximate surface area is 135 Å². The van der Waals surface area contributed by atoms with Crippen molar-refractivity contribution in [1.82, 2.24) is 4.98 Å². The van der Waals surface area contributed by atoms with Gasteiger partial charge >= 0.3 is 0 Å². The van der Waals surface area contributed by atoms with Gasteiger partial charge in [-0.1, -0.05) is 12.1 Å². The second-order valence-corrected chi connectivity index (χ2v) is 5.33. The standard InChI is InChI=1S/C17H20N4O2/c18-12-13-3-5-14(6-4-13)17(22)20-15-2-1-7-19-16(15)21-8-10-23-11-9-21/h1-7H,8-12,18H2,(H,20,22). The van der Waals surface area contributed by atoms with Crippen LogP contribution in [-0.4, -0.2) is 37.2 Å². The van der Waals surface area contributed by atoms with Gasteiger partial charge in [-0.2, -0.15) is 0 Å². The van der Waals surface area contributed by atoms with E-state index in [0.29, 0.717) is 31.0 Å². The molecule has 1 fully saturated rings. The van der Waals surface area contributed by atoms with Crippen molar-refractivity contribution in [2.45, 2.75) is 6.54 Å². The Kier molecular flexibility index (Phi) is 4.85. The molecule has 0 atom stereocenters. The molecular formula is C17H20N4O2. The van der Waals surface area contributed by atoms with Gasteiger partial charge in [0.15, 0.2) is 5.82 Å². The molecule has 1 aromatic carbocycles. The molecular weight excluding hydrogens is 292 g/mol. The second-order valence-electron chi connectivity index (χ2n) is 5.33. The number of ether oxygens (including phenoxy) is 1. The van der Waals surface area contributed by atoms with Crippen LogP contribution >= 0.6 is 0 Å². The lowest BCUT2D eigenvalue weighted by molar-refractivity contribution is 0.102. The average molecular weight is 312 g/mol. The van der Waals surface area contributed by atoms with Crippen LogP contribution in [0.1, 0.15) is 15.9 Å². The molecule has 0 aliphatic carbocycles. The molecule has 120 valence electrons. The molecule has 2 aromatic rings. The summed E-state index contributed by atoms with van der Waals surface area (Å²) in [5.41, 5.74) is 7.88. The van der Waals surface area contributed by atoms with E-state index in [1.165, 1.54) is 0 Å². The first-order valence-corrected chi connectivity index (χ1v) is 7.66. The molecule has 0 spiro atoms. The van der Waals surface area contributed by atoms with Gasteiger partial charge in [-0.25, -0.2) is 4.98 Å². The van der Waals surface area contributed by atoms with Gasteiger partial charge in [0, 0.05) is 31.4 Å². The molecule has 0 unspecified atom stereocenters. The number of carbonyl (C=O) groups is 1. The largest absolute Gasteiger partial charge is 0.378 e. The van der Waals surface area contributed by atoms with Crippen LogP contribution in [0.5, 0.6) is 0 Å². The summed E-state index contributed by atoms with van der Waals surface area (Å²) in [6.45, 7) is 3.34. The van der Waals surface area contributed by atoms with E-state index in [1.54, 1.807) is 18.3 Å². The van der Waals surface area contributed by atoms with Gasteiger partial charge in [-0.3, -0.25) is 4.79 Å². The summed E-state index contributed by atoms with van der Waals surface area (Å²) in [4.78, 5) is 19.0. The van der Waals surface area contributed by atoms with Crippen LogP contribution in [-0.2, 0) is 11.3 Å². The van der Waals surface area contributed by atoms with Crippen LogP contribution < -0.4 is 16.0 Å². The molecule has 3 rings (SSSR count). The Morgan fingerprint density at radius 2 is 1.96 bits per heavy atom. The smallest absolute Gasteiger partial charge is 0.255 e. The lowest BCUT2D eigenvalue weighted by Crippen LogP contribution is -2.37. The second kappa shape index (κ2) is 7.21. The minimum Gasteiger partial charge on any atom is -0.378 e. The van der Waals surface area contributed by atoms with Crippen molar-refractivity contribution in [3.63, 3.8) is 0 Å². The van der Waals surface area contributed by atoms with Crippen molar-refractivity contribution in [3.05, 3.63) is 53.7 Å². The van der Waals surface area contributed by atoms with Crippen molar-refractivity contribution in [2.75, 3.05) is 36.5 Å². The van der Waals surface area contributed by atoms with Crippen molar-refractivity contribution in [1.29, 1.82) is 0 Å². The normalized spacial score (nSPS) is 14.6. The first kappa shape index (κ1) is 15.5. The summed E-state index contributed by atoms with van der Waals surface area (Å²) in [5.74, 6) is 0.624. The number of aromatic nitrogens is 1. The zero-order chi connectivity index (χ0) is 16.1. The van der Waals surface area contributed by atoms with E-state index < -0.39 is 0 Å². The molecule has 1 saturated heterocycles. The summed E-state index contributed by atoms with van der Waals surface area (Å²) in [6.07, 6.45) is 1.73. The van der Waals surface area contributed by atoms with E-state index in [-0.39, 0.29) is 5.91 Å². The van der Waals surface area contributed by atoms with Gasteiger partial charge in [0.2, 0.25) is 0 Å². The summed E-state index contributed by atoms with van der Waals surface area (Å²) < 4.78 is 5.37. The maximum absolute atomic E-state index is 12.4. The SMILES string of the molecule is NCc1ccc(C(=O)Nc2cccnc2N2CCOCC2)cc1. The van der Waals surface area contributed by atoms with Crippen LogP contribution in [0.15, 0.2) is 42.6 Å². The van der Waals surface area contributed by atoms with Crippen LogP contribution in [0, 0.1) is 0 Å². The van der Waals surface area contributed by atoms with E-state index in [2.05, 4.69) is 15.2 Å². The number of anilines is 2. The van der Waals surface area contributed by atoms with Crippen LogP contribution in [0.2, 0.25) is 0 Å². The number of benzene rings is 1. The fourth-order valence-electron chi connectivity index (χ4n) is 2.51. The highest BCUT2D eigenvalue weighted by Crippen LogP contribution is 2.24. The molecule has 0 saturated carbocycles. The molecule has 6 nitrogen and oxygen atoms in total. The molecule has 1 amide bonds. The fourth-order valence-corrected chi connectivity index (χ4v) is 2.51. The van der Waals surface area contributed by atoms with Crippen molar-refractivity contribution in [3.8, 4) is 0 Å². The molecule has 23 heavy (non-hydrogen) atoms. The van der Waals surface area contributed by atoms with Crippen LogP contribution in [0.25, 0.3) is 0 Å². The number of pyridine rings is 1. The van der Waals surface area contributed by atoms with Crippen molar-refractivity contribution >= 4 is 17.4 Å². The maximum atomic E-state index is 12.4. The topological polar surface area (TPSA) is 80.5 Å². The zero-order valence-corrected chi connectivity index (χ0v) is 12.9. The number of carbonyl (C=O) groups excluding carboxylic acids is 1. The van der Waals surface area contributed by atoms with Gasteiger partial charge in [-0.05, 0) is 29.8 Å². The maximum Gasteiger partial charge on any atom is 0.255 e. The number of nitrogens with one attached hydrogen (secondary N) is 1. The lowest BCUT2D eigenvalue weighted by Gasteiger charge is -2.29. The molecule has 1 aliphatic rings. The first-order valence-electron chi connectivity index (χ1n) is 7.66. The molecule has 6 heteroatoms. The van der Waals surface area contributed by atoms with Gasteiger partial charge in [0.25, 0.3) is 5.91 Å². The molecule has 2 heterocycles. The average Bonchev–Trinajstić information content (AvgIpc) is 2.63. The Hall–Kier alpha value is -2.44. The van der Waals surface area contributed by atoms with Gasteiger partial charge in [0.1, 0.15) is 0 Å². The predicted molar refractivity (Wildman–Crippen MR) is 89.6 cm³/mol. The highest BCUT2D eigenvalue weighted by atomic mass is 16.5. The number of nitrogens with zero attached hydrogens (tertiary/aromatic N) is 2. The van der Waals surface area contributed by atoms with E-state index in [4.69, 9.17) is 10.5 Å². The summed E-state index contributed by atoms with van der Waals surface area (Å²) in [6, 6.07) is 11.0. The molecule has 0 radical (unpaired) electrons. The minimum atomic E-state index is -0.156. The Balaban J connectivity index is 1.77. The minimum absolute atomic E-state index is 0.156. The Morgan fingerprint density at radius 3 is 2.65 bits per heavy atom. The Bertz CT molecular complexity index is 667. The molecule has 1 aromatic heterocycles. The van der Waals surface area contributed by atoms with E-state index in [9.17, 15) is 4.79 Å². The highest BCUT2D eigenvalue weighted by Gasteiger charge is 2.17. The van der Waals surface area contributed by atoms with Crippen molar-refractivity contribution < 1.29 is 9.53 Å². The van der Waals surface area contributed by atoms with E-state index >= 15 is 0 Å². The number of morpholine rings is 1. The highest BCUT2D eigenvalue weighted by molar-refractivity contribution is 6.05. The predicted octanol–water partition coefficient (Wildman–Crippen LogP) is 1.63. The third-order valence-electron chi connectivity index (χ3n) is 3.80. The van der Waals surface area contributed by atoms with E-state index in [0.717, 1.165) is 24.5 Å². The lowest BCUT2D eigenvalue weighted by atomic mass is 10.1. The number of rotatable bonds is 4. The van der Waals surface area contributed by atoms with Crippen molar-refractivity contribution in [2.24, 2.45) is 5.73 Å². The summed E-state index contributed by atoms with van der Waals surface area (Å²) >= 11 is 0. The van der Waals surface area contributed by atoms with E-state index in [1.807, 2.05) is 24.3 Å². The van der Waals surface area contributed by atoms with Gasteiger partial charge < -0.3 is 20.7 Å². The number of amides is 1. The summed E-state index contributed by atoms with van der Waals surface area (Å²) in [7, 11) is 0.